The molecule has 0 amide bonds. The number of carboxylic acid groups (broad SMARTS) is 1. The van der Waals surface area contributed by atoms with Gasteiger partial charge in [-0.3, -0.25) is 14.4 Å². The van der Waals surface area contributed by atoms with Gasteiger partial charge in [-0.25, -0.2) is 0 Å². The topological polar surface area (TPSA) is 91.7 Å². The molecule has 0 unspecified atom stereocenters. The lowest BCUT2D eigenvalue weighted by Gasteiger charge is -2.48. The van der Waals surface area contributed by atoms with Gasteiger partial charge < -0.3 is 10.2 Å². The van der Waals surface area contributed by atoms with Crippen LogP contribution >= 0.6 is 0 Å². The Labute approximate surface area is 138 Å². The van der Waals surface area contributed by atoms with E-state index >= 15 is 0 Å². The summed E-state index contributed by atoms with van der Waals surface area (Å²) >= 11 is 0. The molecule has 23 heavy (non-hydrogen) atoms. The minimum absolute atomic E-state index is 0.0320. The van der Waals surface area contributed by atoms with Gasteiger partial charge in [0.25, 0.3) is 0 Å². The van der Waals surface area contributed by atoms with Gasteiger partial charge in [0.2, 0.25) is 0 Å². The molecule has 0 saturated heterocycles. The van der Waals surface area contributed by atoms with Crippen LogP contribution in [-0.4, -0.2) is 33.3 Å². The summed E-state index contributed by atoms with van der Waals surface area (Å²) in [4.78, 5) is 37.2. The summed E-state index contributed by atoms with van der Waals surface area (Å²) in [5.74, 6) is -2.06. The maximum atomic E-state index is 12.9. The van der Waals surface area contributed by atoms with Crippen molar-refractivity contribution in [2.24, 2.45) is 10.8 Å². The second kappa shape index (κ2) is 7.12. The molecule has 5 heteroatoms. The molecular weight excluding hydrogens is 296 g/mol. The predicted molar refractivity (Wildman–Crippen MR) is 87.1 cm³/mol. The van der Waals surface area contributed by atoms with Crippen molar-refractivity contribution in [1.29, 1.82) is 0 Å². The van der Waals surface area contributed by atoms with Crippen molar-refractivity contribution in [3.63, 3.8) is 0 Å². The molecule has 5 nitrogen and oxygen atoms in total. The van der Waals surface area contributed by atoms with Crippen LogP contribution in [-0.2, 0) is 14.4 Å². The zero-order chi connectivity index (χ0) is 17.9. The third-order valence-electron chi connectivity index (χ3n) is 5.21. The highest BCUT2D eigenvalue weighted by Gasteiger charge is 2.62. The molecule has 0 aromatic rings. The average Bonchev–Trinajstić information content (AvgIpc) is 2.48. The van der Waals surface area contributed by atoms with E-state index in [0.29, 0.717) is 12.8 Å². The number of hydrogen-bond acceptors (Lipinski definition) is 4. The van der Waals surface area contributed by atoms with Gasteiger partial charge in [0.1, 0.15) is 11.2 Å². The fourth-order valence-corrected chi connectivity index (χ4v) is 3.84. The largest absolute Gasteiger partial charge is 0.481 e. The van der Waals surface area contributed by atoms with E-state index in [1.807, 2.05) is 13.8 Å². The summed E-state index contributed by atoms with van der Waals surface area (Å²) in [5, 5.41) is 20.5. The van der Waals surface area contributed by atoms with Crippen LogP contribution in [0.3, 0.4) is 0 Å². The quantitative estimate of drug-likeness (QED) is 0.669. The smallest absolute Gasteiger partial charge is 0.317 e. The van der Waals surface area contributed by atoms with Gasteiger partial charge in [-0.05, 0) is 39.5 Å². The summed E-state index contributed by atoms with van der Waals surface area (Å²) in [6.07, 6.45) is 3.66. The molecule has 0 spiro atoms. The Bertz CT molecular complexity index is 486. The standard InChI is InChI=1S/C18H30O5/c1-5-7-9-13(19)16(3)11-18(23,10-8-6-2)12-17(4,14(16)20)15(21)22/h23H,5-12H2,1-4H3,(H,21,22)/t16-,17-,18+/m0/s1. The molecule has 0 heterocycles. The highest BCUT2D eigenvalue weighted by atomic mass is 16.4. The van der Waals surface area contributed by atoms with Crippen LogP contribution < -0.4 is 0 Å². The van der Waals surface area contributed by atoms with Gasteiger partial charge in [0, 0.05) is 6.42 Å². The summed E-state index contributed by atoms with van der Waals surface area (Å²) < 4.78 is 0. The Hall–Kier alpha value is -1.23. The van der Waals surface area contributed by atoms with Crippen LogP contribution in [0.5, 0.6) is 0 Å². The van der Waals surface area contributed by atoms with Crippen LogP contribution in [0.15, 0.2) is 0 Å². The molecule has 3 atom stereocenters. The Balaban J connectivity index is 3.24. The van der Waals surface area contributed by atoms with Gasteiger partial charge in [0.15, 0.2) is 5.78 Å². The molecule has 1 rings (SSSR count). The summed E-state index contributed by atoms with van der Waals surface area (Å²) in [6, 6.07) is 0. The van der Waals surface area contributed by atoms with Gasteiger partial charge in [-0.1, -0.05) is 33.1 Å². The van der Waals surface area contributed by atoms with E-state index in [1.165, 1.54) is 13.8 Å². The number of ketones is 2. The van der Waals surface area contributed by atoms with Crippen molar-refractivity contribution < 1.29 is 24.6 Å². The average molecular weight is 326 g/mol. The van der Waals surface area contributed by atoms with E-state index in [9.17, 15) is 24.6 Å². The SMILES string of the molecule is CCCCC(=O)[C@]1(C)C[C@](O)(CCCC)C[C@](C)(C(=O)O)C1=O. The maximum Gasteiger partial charge on any atom is 0.317 e. The molecule has 1 saturated carbocycles. The Morgan fingerprint density at radius 3 is 2.04 bits per heavy atom. The second-order valence-corrected chi connectivity index (χ2v) is 7.51. The molecule has 1 fully saturated rings. The number of carbonyl (C=O) groups excluding carboxylic acids is 2. The number of rotatable bonds is 8. The number of carboxylic acids is 1. The van der Waals surface area contributed by atoms with Gasteiger partial charge >= 0.3 is 5.97 Å². The van der Waals surface area contributed by atoms with E-state index in [4.69, 9.17) is 0 Å². The first-order valence-electron chi connectivity index (χ1n) is 8.60. The predicted octanol–water partition coefficient (Wildman–Crippen LogP) is 3.13. The minimum atomic E-state index is -1.71. The summed E-state index contributed by atoms with van der Waals surface area (Å²) in [5.41, 5.74) is -4.41. The van der Waals surface area contributed by atoms with Crippen molar-refractivity contribution in [3.8, 4) is 0 Å². The molecule has 2 N–H and O–H groups in total. The third kappa shape index (κ3) is 3.82. The summed E-state index contributed by atoms with van der Waals surface area (Å²) in [7, 11) is 0. The van der Waals surface area contributed by atoms with Crippen LogP contribution in [0.1, 0.15) is 79.1 Å². The zero-order valence-electron chi connectivity index (χ0n) is 14.8. The maximum absolute atomic E-state index is 12.9. The fourth-order valence-electron chi connectivity index (χ4n) is 3.84. The molecule has 0 bridgehead atoms. The number of Topliss-reactive ketones (excluding diaryl/α,β-unsaturated/α-hetero) is 2. The molecule has 0 radical (unpaired) electrons. The van der Waals surface area contributed by atoms with Crippen molar-refractivity contribution in [1.82, 2.24) is 0 Å². The monoisotopic (exact) mass is 326 g/mol. The van der Waals surface area contributed by atoms with E-state index in [2.05, 4.69) is 0 Å². The lowest BCUT2D eigenvalue weighted by molar-refractivity contribution is -0.176. The molecule has 0 aromatic carbocycles. The molecule has 1 aliphatic carbocycles. The Kier molecular flexibility index (Phi) is 6.13. The lowest BCUT2D eigenvalue weighted by Crippen LogP contribution is -2.60. The highest BCUT2D eigenvalue weighted by molar-refractivity contribution is 6.16. The van der Waals surface area contributed by atoms with E-state index in [0.717, 1.165) is 19.3 Å². The fraction of sp³-hybridized carbons (Fsp3) is 0.833. The van der Waals surface area contributed by atoms with Crippen LogP contribution in [0.25, 0.3) is 0 Å². The van der Waals surface area contributed by atoms with Crippen LogP contribution in [0, 0.1) is 10.8 Å². The highest BCUT2D eigenvalue weighted by Crippen LogP contribution is 2.50. The van der Waals surface area contributed by atoms with Gasteiger partial charge in [-0.15, -0.1) is 0 Å². The van der Waals surface area contributed by atoms with Crippen molar-refractivity contribution >= 4 is 17.5 Å². The van der Waals surface area contributed by atoms with E-state index < -0.39 is 28.2 Å². The number of carbonyl (C=O) groups is 3. The van der Waals surface area contributed by atoms with Crippen molar-refractivity contribution in [3.05, 3.63) is 0 Å². The first kappa shape index (κ1) is 19.8. The van der Waals surface area contributed by atoms with Gasteiger partial charge in [-0.2, -0.15) is 0 Å². The Morgan fingerprint density at radius 1 is 1.04 bits per heavy atom. The van der Waals surface area contributed by atoms with Crippen molar-refractivity contribution in [2.45, 2.75) is 84.7 Å². The number of unbranched alkanes of at least 4 members (excludes halogenated alkanes) is 2. The zero-order valence-corrected chi connectivity index (χ0v) is 14.8. The molecule has 0 aliphatic heterocycles. The first-order chi connectivity index (χ1) is 10.6. The number of aliphatic carboxylic acids is 1. The molecular formula is C18H30O5. The number of aliphatic hydroxyl groups is 1. The third-order valence-corrected chi connectivity index (χ3v) is 5.21. The lowest BCUT2D eigenvalue weighted by atomic mass is 9.54. The van der Waals surface area contributed by atoms with Crippen molar-refractivity contribution in [2.75, 3.05) is 0 Å². The molecule has 1 aliphatic rings. The van der Waals surface area contributed by atoms with Crippen LogP contribution in [0.4, 0.5) is 0 Å². The Morgan fingerprint density at radius 2 is 1.57 bits per heavy atom. The molecule has 0 aromatic heterocycles. The van der Waals surface area contributed by atoms with Crippen LogP contribution in [0.2, 0.25) is 0 Å². The summed E-state index contributed by atoms with van der Waals surface area (Å²) in [6.45, 7) is 6.81. The van der Waals surface area contributed by atoms with E-state index in [1.54, 1.807) is 0 Å². The second-order valence-electron chi connectivity index (χ2n) is 7.51. The van der Waals surface area contributed by atoms with E-state index in [-0.39, 0.29) is 25.0 Å². The first-order valence-corrected chi connectivity index (χ1v) is 8.60. The number of hydrogen-bond donors (Lipinski definition) is 2. The molecule has 132 valence electrons. The normalized spacial score (nSPS) is 34.4. The van der Waals surface area contributed by atoms with Gasteiger partial charge in [0.05, 0.1) is 11.0 Å². The minimum Gasteiger partial charge on any atom is -0.481 e.